The van der Waals surface area contributed by atoms with Crippen molar-refractivity contribution in [3.63, 3.8) is 0 Å². The van der Waals surface area contributed by atoms with Crippen LogP contribution in [0.1, 0.15) is 27.8 Å². The van der Waals surface area contributed by atoms with Crippen LogP contribution in [0.25, 0.3) is 22.4 Å². The Morgan fingerprint density at radius 1 is 0.921 bits per heavy atom. The second-order valence-corrected chi connectivity index (χ2v) is 9.86. The third-order valence-electron chi connectivity index (χ3n) is 6.21. The van der Waals surface area contributed by atoms with Gasteiger partial charge < -0.3 is 14.7 Å². The van der Waals surface area contributed by atoms with Crippen molar-refractivity contribution in [2.75, 3.05) is 0 Å². The standard InChI is InChI=1S/C29H20Cl3N3O3/c30-21-10-11-23(31)22(16-21)20-12-13-35(25(36)15-20)24(14-17-4-2-1-3-5-17)28-33-26(27(32)34-28)18-6-8-19(9-7-18)29(37)38/h1-13,15-16,24H,14H2,(H,33,34)(H,37,38)/t24-/m0/s1. The Morgan fingerprint density at radius 2 is 1.66 bits per heavy atom. The molecular weight excluding hydrogens is 545 g/mol. The molecule has 0 saturated carbocycles. The van der Waals surface area contributed by atoms with Gasteiger partial charge >= 0.3 is 5.97 Å². The number of aromatic carboxylic acids is 1. The van der Waals surface area contributed by atoms with E-state index in [0.717, 1.165) is 5.56 Å². The smallest absolute Gasteiger partial charge is 0.335 e. The highest BCUT2D eigenvalue weighted by atomic mass is 35.5. The number of pyridine rings is 1. The van der Waals surface area contributed by atoms with Gasteiger partial charge in [0.2, 0.25) is 0 Å². The number of hydrogen-bond donors (Lipinski definition) is 2. The summed E-state index contributed by atoms with van der Waals surface area (Å²) in [7, 11) is 0. The van der Waals surface area contributed by atoms with Gasteiger partial charge in [0, 0.05) is 39.9 Å². The van der Waals surface area contributed by atoms with Gasteiger partial charge in [-0.3, -0.25) is 4.79 Å². The molecule has 0 radical (unpaired) electrons. The van der Waals surface area contributed by atoms with E-state index in [2.05, 4.69) is 9.97 Å². The van der Waals surface area contributed by atoms with Gasteiger partial charge in [-0.2, -0.15) is 0 Å². The molecule has 0 aliphatic rings. The first-order valence-corrected chi connectivity index (χ1v) is 12.7. The van der Waals surface area contributed by atoms with Crippen molar-refractivity contribution in [2.24, 2.45) is 0 Å². The fraction of sp³-hybridized carbons (Fsp3) is 0.0690. The van der Waals surface area contributed by atoms with Crippen molar-refractivity contribution in [3.05, 3.63) is 134 Å². The third-order valence-corrected chi connectivity index (χ3v) is 7.05. The minimum absolute atomic E-state index is 0.165. The fourth-order valence-electron chi connectivity index (χ4n) is 4.30. The van der Waals surface area contributed by atoms with Crippen LogP contribution in [0.3, 0.4) is 0 Å². The van der Waals surface area contributed by atoms with Crippen LogP contribution >= 0.6 is 34.8 Å². The maximum absolute atomic E-state index is 13.4. The minimum atomic E-state index is -1.02. The zero-order chi connectivity index (χ0) is 26.8. The normalized spacial score (nSPS) is 11.9. The Labute approximate surface area is 233 Å². The van der Waals surface area contributed by atoms with Gasteiger partial charge in [0.25, 0.3) is 5.56 Å². The monoisotopic (exact) mass is 563 g/mol. The van der Waals surface area contributed by atoms with Gasteiger partial charge in [0.1, 0.15) is 5.82 Å². The van der Waals surface area contributed by atoms with Gasteiger partial charge in [-0.05, 0) is 47.5 Å². The second kappa shape index (κ2) is 10.9. The van der Waals surface area contributed by atoms with Crippen molar-refractivity contribution in [1.29, 1.82) is 0 Å². The van der Waals surface area contributed by atoms with E-state index in [4.69, 9.17) is 34.8 Å². The predicted molar refractivity (Wildman–Crippen MR) is 150 cm³/mol. The number of carbonyl (C=O) groups is 1. The summed E-state index contributed by atoms with van der Waals surface area (Å²) in [6.07, 6.45) is 2.18. The molecule has 0 bridgehead atoms. The first-order valence-electron chi connectivity index (χ1n) is 11.6. The number of aromatic amines is 1. The highest BCUT2D eigenvalue weighted by Gasteiger charge is 2.22. The number of aromatic nitrogens is 3. The van der Waals surface area contributed by atoms with Gasteiger partial charge in [-0.25, -0.2) is 9.78 Å². The van der Waals surface area contributed by atoms with Crippen molar-refractivity contribution < 1.29 is 9.90 Å². The van der Waals surface area contributed by atoms with Gasteiger partial charge in [-0.1, -0.05) is 77.3 Å². The number of carboxylic acid groups (broad SMARTS) is 1. The van der Waals surface area contributed by atoms with E-state index in [0.29, 0.717) is 44.7 Å². The molecule has 5 aromatic rings. The molecular formula is C29H20Cl3N3O3. The predicted octanol–water partition coefficient (Wildman–Crippen LogP) is 7.40. The molecule has 0 fully saturated rings. The number of nitrogens with one attached hydrogen (secondary N) is 1. The van der Waals surface area contributed by atoms with Crippen LogP contribution in [0.4, 0.5) is 0 Å². The maximum Gasteiger partial charge on any atom is 0.335 e. The molecule has 6 nitrogen and oxygen atoms in total. The average molecular weight is 565 g/mol. The molecule has 0 aliphatic heterocycles. The van der Waals surface area contributed by atoms with Crippen molar-refractivity contribution in [2.45, 2.75) is 12.5 Å². The lowest BCUT2D eigenvalue weighted by molar-refractivity contribution is 0.0697. The number of H-pyrrole nitrogens is 1. The third kappa shape index (κ3) is 5.38. The molecule has 2 heterocycles. The summed E-state index contributed by atoms with van der Waals surface area (Å²) in [5.41, 5.74) is 3.44. The topological polar surface area (TPSA) is 88.0 Å². The number of benzene rings is 3. The van der Waals surface area contributed by atoms with E-state index in [1.165, 1.54) is 18.2 Å². The molecule has 5 rings (SSSR count). The molecule has 3 aromatic carbocycles. The van der Waals surface area contributed by atoms with Crippen molar-refractivity contribution >= 4 is 40.8 Å². The Hall–Kier alpha value is -3.84. The lowest BCUT2D eigenvalue weighted by atomic mass is 10.0. The number of imidazole rings is 1. The first kappa shape index (κ1) is 25.8. The number of carboxylic acids is 1. The summed E-state index contributed by atoms with van der Waals surface area (Å²) in [6, 6.07) is 24.0. The van der Waals surface area contributed by atoms with Crippen LogP contribution in [0.5, 0.6) is 0 Å². The molecule has 0 amide bonds. The van der Waals surface area contributed by atoms with Crippen LogP contribution in [0, 0.1) is 0 Å². The van der Waals surface area contributed by atoms with E-state index in [1.54, 1.807) is 41.1 Å². The summed E-state index contributed by atoms with van der Waals surface area (Å²) >= 11 is 19.0. The Bertz CT molecular complexity index is 1680. The molecule has 0 spiro atoms. The fourth-order valence-corrected chi connectivity index (χ4v) is 4.94. The van der Waals surface area contributed by atoms with Crippen LogP contribution in [-0.2, 0) is 6.42 Å². The number of rotatable bonds is 7. The highest BCUT2D eigenvalue weighted by Crippen LogP contribution is 2.32. The van der Waals surface area contributed by atoms with E-state index in [-0.39, 0.29) is 16.3 Å². The zero-order valence-corrected chi connectivity index (χ0v) is 22.0. The zero-order valence-electron chi connectivity index (χ0n) is 19.7. The van der Waals surface area contributed by atoms with Crippen molar-refractivity contribution in [3.8, 4) is 22.4 Å². The summed E-state index contributed by atoms with van der Waals surface area (Å²) in [5.74, 6) is -0.524. The number of hydrogen-bond acceptors (Lipinski definition) is 3. The largest absolute Gasteiger partial charge is 0.478 e. The lowest BCUT2D eigenvalue weighted by Crippen LogP contribution is -2.27. The summed E-state index contributed by atoms with van der Waals surface area (Å²) in [4.78, 5) is 32.5. The minimum Gasteiger partial charge on any atom is -0.478 e. The molecule has 2 N–H and O–H groups in total. The summed E-state index contributed by atoms with van der Waals surface area (Å²) < 4.78 is 1.60. The van der Waals surface area contributed by atoms with Gasteiger partial charge in [0.05, 0.1) is 17.3 Å². The molecule has 2 aromatic heterocycles. The Kier molecular flexibility index (Phi) is 7.38. The molecule has 0 aliphatic carbocycles. The Morgan fingerprint density at radius 3 is 2.34 bits per heavy atom. The molecule has 0 unspecified atom stereocenters. The first-order chi connectivity index (χ1) is 18.3. The molecule has 9 heteroatoms. The molecule has 1 atom stereocenters. The van der Waals surface area contributed by atoms with Crippen LogP contribution in [0.2, 0.25) is 15.2 Å². The van der Waals surface area contributed by atoms with Gasteiger partial charge in [0.15, 0.2) is 5.15 Å². The van der Waals surface area contributed by atoms with Crippen LogP contribution in [-0.4, -0.2) is 25.6 Å². The van der Waals surface area contributed by atoms with E-state index in [9.17, 15) is 14.7 Å². The lowest BCUT2D eigenvalue weighted by Gasteiger charge is -2.19. The molecule has 0 saturated heterocycles. The van der Waals surface area contributed by atoms with Gasteiger partial charge in [-0.15, -0.1) is 0 Å². The molecule has 190 valence electrons. The highest BCUT2D eigenvalue weighted by molar-refractivity contribution is 6.35. The number of halogens is 3. The van der Waals surface area contributed by atoms with Crippen molar-refractivity contribution in [1.82, 2.24) is 14.5 Å². The SMILES string of the molecule is O=C(O)c1ccc(-c2[nH]c([C@H](Cc3ccccc3)n3ccc(-c4cc(Cl)ccc4Cl)cc3=O)nc2Cl)cc1. The van der Waals surface area contributed by atoms with Crippen LogP contribution < -0.4 is 5.56 Å². The van der Waals surface area contributed by atoms with E-state index in [1.807, 2.05) is 36.4 Å². The maximum atomic E-state index is 13.4. The van der Waals surface area contributed by atoms with E-state index < -0.39 is 12.0 Å². The summed E-state index contributed by atoms with van der Waals surface area (Å²) in [5, 5.41) is 10.4. The van der Waals surface area contributed by atoms with Crippen LogP contribution in [0.15, 0.2) is 95.9 Å². The average Bonchev–Trinajstić information content (AvgIpc) is 3.30. The summed E-state index contributed by atoms with van der Waals surface area (Å²) in [6.45, 7) is 0. The van der Waals surface area contributed by atoms with E-state index >= 15 is 0 Å². The quantitative estimate of drug-likeness (QED) is 0.216. The Balaban J connectivity index is 1.57. The second-order valence-electron chi connectivity index (χ2n) is 8.66. The number of nitrogens with zero attached hydrogens (tertiary/aromatic N) is 2. The molecule has 38 heavy (non-hydrogen) atoms.